The first-order valence-electron chi connectivity index (χ1n) is 15.0. The first kappa shape index (κ1) is 27.9. The van der Waals surface area contributed by atoms with Crippen LogP contribution in [-0.4, -0.2) is 69.7 Å². The molecule has 0 radical (unpaired) electrons. The first-order chi connectivity index (χ1) is 21.2. The van der Waals surface area contributed by atoms with Crippen LogP contribution in [0, 0.1) is 0 Å². The second-order valence-corrected chi connectivity index (χ2v) is 11.4. The molecule has 0 unspecified atom stereocenters. The molecule has 4 aromatic heterocycles. The standard InChI is InChI=1S/C31H35ClN8O3/c1-2-41-27-19-21(7-8-24(27)32)20-38-17-11-23(12-18-38)40(31-37-26-6-4-14-35-29(26)43-31)39(22-9-15-33-16-10-22)30-36-25-5-3-13-34-28(25)42-30/h3-8,13-14,19,22-23,33H,2,9-12,15-18,20H2,1H3. The van der Waals surface area contributed by atoms with E-state index in [1.807, 2.05) is 37.3 Å². The van der Waals surface area contributed by atoms with Crippen LogP contribution >= 0.6 is 11.6 Å². The second-order valence-electron chi connectivity index (χ2n) is 11.0. The number of hydrazine groups is 1. The minimum atomic E-state index is 0.103. The highest BCUT2D eigenvalue weighted by Crippen LogP contribution is 2.35. The molecular weight excluding hydrogens is 568 g/mol. The van der Waals surface area contributed by atoms with Gasteiger partial charge >= 0.3 is 12.0 Å². The Morgan fingerprint density at radius 2 is 1.49 bits per heavy atom. The topological polar surface area (TPSA) is 109 Å². The van der Waals surface area contributed by atoms with Gasteiger partial charge < -0.3 is 18.9 Å². The van der Waals surface area contributed by atoms with Gasteiger partial charge in [-0.15, -0.1) is 0 Å². The molecule has 12 heteroatoms. The Morgan fingerprint density at radius 1 is 0.884 bits per heavy atom. The fourth-order valence-electron chi connectivity index (χ4n) is 6.11. The monoisotopic (exact) mass is 602 g/mol. The van der Waals surface area contributed by atoms with Crippen molar-refractivity contribution >= 4 is 46.1 Å². The normalized spacial score (nSPS) is 17.1. The van der Waals surface area contributed by atoms with E-state index in [-0.39, 0.29) is 12.1 Å². The summed E-state index contributed by atoms with van der Waals surface area (Å²) >= 11 is 6.34. The van der Waals surface area contributed by atoms with Crippen molar-refractivity contribution in [2.75, 3.05) is 42.8 Å². The molecule has 1 N–H and O–H groups in total. The zero-order valence-corrected chi connectivity index (χ0v) is 24.9. The highest BCUT2D eigenvalue weighted by Gasteiger charge is 2.39. The number of halogens is 1. The van der Waals surface area contributed by atoms with Crippen molar-refractivity contribution in [3.8, 4) is 5.75 Å². The Kier molecular flexibility index (Phi) is 8.01. The number of fused-ring (bicyclic) bond motifs is 2. The van der Waals surface area contributed by atoms with Crippen LogP contribution in [-0.2, 0) is 6.54 Å². The Hall–Kier alpha value is -3.93. The van der Waals surface area contributed by atoms with Crippen LogP contribution in [0.1, 0.15) is 38.2 Å². The Bertz CT molecular complexity index is 1610. The maximum absolute atomic E-state index is 6.34. The van der Waals surface area contributed by atoms with E-state index in [9.17, 15) is 0 Å². The average molecular weight is 603 g/mol. The SMILES string of the molecule is CCOc1cc(CN2CCC(N(c3nc4cccnc4o3)N(c3nc4cccnc4o3)C3CCNCC3)CC2)ccc1Cl. The van der Waals surface area contributed by atoms with Gasteiger partial charge in [0.2, 0.25) is 11.4 Å². The number of ether oxygens (including phenoxy) is 1. The second kappa shape index (κ2) is 12.4. The van der Waals surface area contributed by atoms with Gasteiger partial charge in [-0.05, 0) is 87.7 Å². The lowest BCUT2D eigenvalue weighted by atomic mass is 10.0. The number of oxazole rings is 2. The van der Waals surface area contributed by atoms with Gasteiger partial charge in [-0.2, -0.15) is 9.97 Å². The zero-order chi connectivity index (χ0) is 29.2. The number of nitrogens with zero attached hydrogens (tertiary/aromatic N) is 7. The Labute approximate surface area is 254 Å². The van der Waals surface area contributed by atoms with Crippen LogP contribution in [0.3, 0.4) is 0 Å². The quantitative estimate of drug-likeness (QED) is 0.217. The van der Waals surface area contributed by atoms with Crippen molar-refractivity contribution < 1.29 is 13.6 Å². The molecule has 11 nitrogen and oxygen atoms in total. The van der Waals surface area contributed by atoms with Gasteiger partial charge in [0.1, 0.15) is 16.8 Å². The molecule has 2 aliphatic heterocycles. The molecule has 43 heavy (non-hydrogen) atoms. The molecule has 7 rings (SSSR count). The van der Waals surface area contributed by atoms with Crippen molar-refractivity contribution in [3.05, 3.63) is 65.4 Å². The molecule has 2 fully saturated rings. The van der Waals surface area contributed by atoms with Crippen molar-refractivity contribution in [3.63, 3.8) is 0 Å². The lowest BCUT2D eigenvalue weighted by molar-refractivity contribution is 0.194. The van der Waals surface area contributed by atoms with E-state index in [1.54, 1.807) is 12.4 Å². The first-order valence-corrected chi connectivity index (χ1v) is 15.4. The summed E-state index contributed by atoms with van der Waals surface area (Å²) in [6, 6.07) is 14.9. The molecule has 2 aliphatic rings. The summed E-state index contributed by atoms with van der Waals surface area (Å²) in [7, 11) is 0. The van der Waals surface area contributed by atoms with Crippen LogP contribution in [0.25, 0.3) is 22.5 Å². The fourth-order valence-corrected chi connectivity index (χ4v) is 6.28. The molecule has 2 saturated heterocycles. The third kappa shape index (κ3) is 5.84. The van der Waals surface area contributed by atoms with Crippen molar-refractivity contribution in [2.45, 2.75) is 51.2 Å². The molecule has 0 spiro atoms. The molecule has 0 saturated carbocycles. The summed E-state index contributed by atoms with van der Waals surface area (Å²) in [5, 5.41) is 8.50. The van der Waals surface area contributed by atoms with Crippen molar-refractivity contribution in [1.29, 1.82) is 0 Å². The summed E-state index contributed by atoms with van der Waals surface area (Å²) in [5.41, 5.74) is 3.65. The van der Waals surface area contributed by atoms with Gasteiger partial charge in [-0.1, -0.05) is 17.7 Å². The van der Waals surface area contributed by atoms with Gasteiger partial charge in [0.05, 0.1) is 23.7 Å². The van der Waals surface area contributed by atoms with E-state index in [2.05, 4.69) is 42.3 Å². The van der Waals surface area contributed by atoms with Gasteiger partial charge in [0.15, 0.2) is 0 Å². The van der Waals surface area contributed by atoms with Gasteiger partial charge in [-0.3, -0.25) is 4.90 Å². The van der Waals surface area contributed by atoms with Gasteiger partial charge in [-0.25, -0.2) is 20.0 Å². The van der Waals surface area contributed by atoms with Crippen molar-refractivity contribution in [2.24, 2.45) is 0 Å². The average Bonchev–Trinajstić information content (AvgIpc) is 3.67. The maximum Gasteiger partial charge on any atom is 0.319 e. The van der Waals surface area contributed by atoms with Gasteiger partial charge in [0.25, 0.3) is 0 Å². The van der Waals surface area contributed by atoms with Crippen LogP contribution in [0.4, 0.5) is 12.0 Å². The minimum Gasteiger partial charge on any atom is -0.492 e. The maximum atomic E-state index is 6.34. The minimum absolute atomic E-state index is 0.103. The fraction of sp³-hybridized carbons (Fsp3) is 0.419. The van der Waals surface area contributed by atoms with Crippen LogP contribution in [0.5, 0.6) is 5.75 Å². The van der Waals surface area contributed by atoms with E-state index in [0.717, 1.165) is 75.2 Å². The lowest BCUT2D eigenvalue weighted by Crippen LogP contribution is -2.59. The molecule has 5 aromatic rings. The number of piperidine rings is 2. The number of benzene rings is 1. The largest absolute Gasteiger partial charge is 0.492 e. The Balaban J connectivity index is 1.21. The molecule has 0 aliphatic carbocycles. The number of nitrogens with one attached hydrogen (secondary N) is 1. The van der Waals surface area contributed by atoms with E-state index in [1.165, 1.54) is 5.56 Å². The van der Waals surface area contributed by atoms with Crippen LogP contribution < -0.4 is 20.1 Å². The van der Waals surface area contributed by atoms with Gasteiger partial charge in [0, 0.05) is 32.0 Å². The Morgan fingerprint density at radius 3 is 2.07 bits per heavy atom. The predicted molar refractivity (Wildman–Crippen MR) is 165 cm³/mol. The smallest absolute Gasteiger partial charge is 0.319 e. The summed E-state index contributed by atoms with van der Waals surface area (Å²) in [5.74, 6) is 0.734. The molecular formula is C31H35ClN8O3. The molecule has 224 valence electrons. The van der Waals surface area contributed by atoms with Crippen LogP contribution in [0.15, 0.2) is 63.7 Å². The van der Waals surface area contributed by atoms with Crippen LogP contribution in [0.2, 0.25) is 5.02 Å². The number of aromatic nitrogens is 4. The summed E-state index contributed by atoms with van der Waals surface area (Å²) in [6.07, 6.45) is 7.11. The molecule has 0 atom stereocenters. The number of pyridine rings is 2. The highest BCUT2D eigenvalue weighted by atomic mass is 35.5. The van der Waals surface area contributed by atoms with E-state index < -0.39 is 0 Å². The molecule has 0 bridgehead atoms. The van der Waals surface area contributed by atoms with E-state index in [4.69, 9.17) is 35.1 Å². The van der Waals surface area contributed by atoms with E-state index >= 15 is 0 Å². The third-order valence-corrected chi connectivity index (χ3v) is 8.51. The molecule has 1 aromatic carbocycles. The number of hydrogen-bond donors (Lipinski definition) is 1. The predicted octanol–water partition coefficient (Wildman–Crippen LogP) is 5.46. The zero-order valence-electron chi connectivity index (χ0n) is 24.2. The summed E-state index contributed by atoms with van der Waals surface area (Å²) in [6.45, 7) is 7.00. The molecule has 0 amide bonds. The number of rotatable bonds is 9. The summed E-state index contributed by atoms with van der Waals surface area (Å²) < 4.78 is 18.4. The highest BCUT2D eigenvalue weighted by molar-refractivity contribution is 6.32. The molecule has 6 heterocycles. The summed E-state index contributed by atoms with van der Waals surface area (Å²) in [4.78, 5) is 21.1. The lowest BCUT2D eigenvalue weighted by Gasteiger charge is -2.46. The number of anilines is 2. The van der Waals surface area contributed by atoms with E-state index in [0.29, 0.717) is 35.1 Å². The third-order valence-electron chi connectivity index (χ3n) is 8.19. The van der Waals surface area contributed by atoms with Crippen molar-refractivity contribution in [1.82, 2.24) is 30.2 Å². The number of likely N-dealkylation sites (tertiary alicyclic amines) is 1. The number of hydrogen-bond acceptors (Lipinski definition) is 11.